The summed E-state index contributed by atoms with van der Waals surface area (Å²) in [5.74, 6) is -0.426. The molecule has 0 radical (unpaired) electrons. The first-order chi connectivity index (χ1) is 5.91. The van der Waals surface area contributed by atoms with E-state index in [1.165, 1.54) is 7.05 Å². The first-order valence-corrected chi connectivity index (χ1v) is 3.91. The molecule has 5 N–H and O–H groups in total. The molecule has 0 spiro atoms. The van der Waals surface area contributed by atoms with Gasteiger partial charge in [0.1, 0.15) is 6.04 Å². The minimum atomic E-state index is -0.786. The van der Waals surface area contributed by atoms with Gasteiger partial charge in [-0.1, -0.05) is 0 Å². The number of carbonyl (C=O) groups is 2. The Bertz CT molecular complexity index is 205. The largest absolute Gasteiger partial charge is 0.351 e. The molecule has 2 atom stereocenters. The standard InChI is InChI=1S/C7H16N4O2/c1-4(8)5(10-2)6(12)11(3)7(9)13/h4-5,10H,8H2,1-3H3,(H2,9,13). The molecule has 6 heteroatoms. The first-order valence-electron chi connectivity index (χ1n) is 3.91. The average Bonchev–Trinajstić information content (AvgIpc) is 2.03. The monoisotopic (exact) mass is 188 g/mol. The van der Waals surface area contributed by atoms with Crippen LogP contribution >= 0.6 is 0 Å². The van der Waals surface area contributed by atoms with Crippen LogP contribution in [-0.4, -0.2) is 43.0 Å². The fourth-order valence-electron chi connectivity index (χ4n) is 0.928. The molecule has 0 heterocycles. The van der Waals surface area contributed by atoms with E-state index in [-0.39, 0.29) is 6.04 Å². The van der Waals surface area contributed by atoms with Crippen molar-refractivity contribution in [1.82, 2.24) is 10.2 Å². The lowest BCUT2D eigenvalue weighted by Crippen LogP contribution is -2.54. The molecule has 0 aliphatic heterocycles. The van der Waals surface area contributed by atoms with Crippen molar-refractivity contribution in [3.8, 4) is 0 Å². The smallest absolute Gasteiger partial charge is 0.321 e. The van der Waals surface area contributed by atoms with Crippen LogP contribution in [0.1, 0.15) is 6.92 Å². The molecule has 0 saturated heterocycles. The number of likely N-dealkylation sites (N-methyl/N-ethyl adjacent to an activating group) is 2. The van der Waals surface area contributed by atoms with Crippen molar-refractivity contribution in [2.45, 2.75) is 19.0 Å². The number of amides is 3. The van der Waals surface area contributed by atoms with E-state index in [2.05, 4.69) is 5.32 Å². The fourth-order valence-corrected chi connectivity index (χ4v) is 0.928. The summed E-state index contributed by atoms with van der Waals surface area (Å²) in [6.45, 7) is 1.67. The first kappa shape index (κ1) is 11.9. The van der Waals surface area contributed by atoms with Crippen LogP contribution in [0.4, 0.5) is 4.79 Å². The Balaban J connectivity index is 4.46. The third-order valence-corrected chi connectivity index (χ3v) is 1.76. The molecule has 76 valence electrons. The lowest BCUT2D eigenvalue weighted by Gasteiger charge is -2.23. The van der Waals surface area contributed by atoms with Gasteiger partial charge in [0.05, 0.1) is 0 Å². The Morgan fingerprint density at radius 2 is 1.92 bits per heavy atom. The van der Waals surface area contributed by atoms with Crippen LogP contribution < -0.4 is 16.8 Å². The molecule has 0 aromatic rings. The van der Waals surface area contributed by atoms with Crippen LogP contribution in [0, 0.1) is 0 Å². The quantitative estimate of drug-likeness (QED) is 0.499. The summed E-state index contributed by atoms with van der Waals surface area (Å²) in [5.41, 5.74) is 10.5. The van der Waals surface area contributed by atoms with Gasteiger partial charge in [-0.2, -0.15) is 0 Å². The van der Waals surface area contributed by atoms with Gasteiger partial charge in [-0.15, -0.1) is 0 Å². The second-order valence-corrected chi connectivity index (χ2v) is 2.86. The van der Waals surface area contributed by atoms with Gasteiger partial charge in [0.25, 0.3) is 0 Å². The highest BCUT2D eigenvalue weighted by Crippen LogP contribution is 1.95. The highest BCUT2D eigenvalue weighted by Gasteiger charge is 2.25. The lowest BCUT2D eigenvalue weighted by atomic mass is 10.1. The number of primary amides is 1. The van der Waals surface area contributed by atoms with Gasteiger partial charge in [0.2, 0.25) is 5.91 Å². The van der Waals surface area contributed by atoms with Crippen LogP contribution in [0.5, 0.6) is 0 Å². The summed E-state index contributed by atoms with van der Waals surface area (Å²) in [7, 11) is 2.91. The molecule has 3 amide bonds. The molecule has 0 aliphatic rings. The number of rotatable bonds is 3. The van der Waals surface area contributed by atoms with E-state index in [9.17, 15) is 9.59 Å². The highest BCUT2D eigenvalue weighted by molar-refractivity contribution is 5.96. The third kappa shape index (κ3) is 3.00. The molecular formula is C7H16N4O2. The van der Waals surface area contributed by atoms with E-state index in [4.69, 9.17) is 11.5 Å². The lowest BCUT2D eigenvalue weighted by molar-refractivity contribution is -0.129. The third-order valence-electron chi connectivity index (χ3n) is 1.76. The Hall–Kier alpha value is -1.14. The van der Waals surface area contributed by atoms with E-state index < -0.39 is 18.0 Å². The average molecular weight is 188 g/mol. The number of nitrogens with zero attached hydrogens (tertiary/aromatic N) is 1. The van der Waals surface area contributed by atoms with Crippen molar-refractivity contribution >= 4 is 11.9 Å². The van der Waals surface area contributed by atoms with E-state index in [0.29, 0.717) is 0 Å². The molecular weight excluding hydrogens is 172 g/mol. The molecule has 0 saturated carbocycles. The Labute approximate surface area is 77.2 Å². The number of hydrogen-bond acceptors (Lipinski definition) is 4. The molecule has 2 unspecified atom stereocenters. The molecule has 0 bridgehead atoms. The van der Waals surface area contributed by atoms with Gasteiger partial charge in [0.15, 0.2) is 0 Å². The van der Waals surface area contributed by atoms with Crippen molar-refractivity contribution in [2.24, 2.45) is 11.5 Å². The fraction of sp³-hybridized carbons (Fsp3) is 0.714. The minimum absolute atomic E-state index is 0.376. The number of imide groups is 1. The molecule has 13 heavy (non-hydrogen) atoms. The summed E-state index contributed by atoms with van der Waals surface area (Å²) >= 11 is 0. The normalized spacial score (nSPS) is 14.8. The summed E-state index contributed by atoms with van der Waals surface area (Å²) in [6.07, 6.45) is 0. The predicted molar refractivity (Wildman–Crippen MR) is 48.9 cm³/mol. The molecule has 0 aromatic heterocycles. The van der Waals surface area contributed by atoms with Crippen LogP contribution in [0.2, 0.25) is 0 Å². The number of nitrogens with two attached hydrogens (primary N) is 2. The minimum Gasteiger partial charge on any atom is -0.351 e. The van der Waals surface area contributed by atoms with Gasteiger partial charge < -0.3 is 16.8 Å². The second-order valence-electron chi connectivity index (χ2n) is 2.86. The zero-order chi connectivity index (χ0) is 10.6. The zero-order valence-corrected chi connectivity index (χ0v) is 8.07. The van der Waals surface area contributed by atoms with E-state index in [1.807, 2.05) is 0 Å². The van der Waals surface area contributed by atoms with Crippen molar-refractivity contribution in [3.05, 3.63) is 0 Å². The van der Waals surface area contributed by atoms with Crippen molar-refractivity contribution in [1.29, 1.82) is 0 Å². The molecule has 0 fully saturated rings. The van der Waals surface area contributed by atoms with Crippen molar-refractivity contribution < 1.29 is 9.59 Å². The Morgan fingerprint density at radius 3 is 2.15 bits per heavy atom. The number of carbonyl (C=O) groups excluding carboxylic acids is 2. The zero-order valence-electron chi connectivity index (χ0n) is 8.07. The second kappa shape index (κ2) is 4.78. The van der Waals surface area contributed by atoms with E-state index in [1.54, 1.807) is 14.0 Å². The number of hydrogen-bond donors (Lipinski definition) is 3. The maximum absolute atomic E-state index is 11.4. The van der Waals surface area contributed by atoms with Gasteiger partial charge >= 0.3 is 6.03 Å². The maximum atomic E-state index is 11.4. The summed E-state index contributed by atoms with van der Waals surface area (Å²) < 4.78 is 0. The van der Waals surface area contributed by atoms with Gasteiger partial charge in [-0.05, 0) is 14.0 Å². The van der Waals surface area contributed by atoms with Gasteiger partial charge in [-0.3, -0.25) is 9.69 Å². The summed E-state index contributed by atoms with van der Waals surface area (Å²) in [6, 6.07) is -1.75. The predicted octanol–water partition coefficient (Wildman–Crippen LogP) is -1.54. The SMILES string of the molecule is CNC(C(=O)N(C)C(N)=O)C(C)N. The Morgan fingerprint density at radius 1 is 1.46 bits per heavy atom. The molecule has 6 nitrogen and oxygen atoms in total. The van der Waals surface area contributed by atoms with Gasteiger partial charge in [0, 0.05) is 13.1 Å². The van der Waals surface area contributed by atoms with E-state index >= 15 is 0 Å². The highest BCUT2D eigenvalue weighted by atomic mass is 16.2. The molecule has 0 aromatic carbocycles. The van der Waals surface area contributed by atoms with Crippen LogP contribution in [0.15, 0.2) is 0 Å². The Kier molecular flexibility index (Phi) is 4.36. The summed E-state index contributed by atoms with van der Waals surface area (Å²) in [5, 5.41) is 2.71. The molecule has 0 rings (SSSR count). The van der Waals surface area contributed by atoms with Crippen LogP contribution in [-0.2, 0) is 4.79 Å². The van der Waals surface area contributed by atoms with E-state index in [0.717, 1.165) is 4.90 Å². The maximum Gasteiger partial charge on any atom is 0.321 e. The number of nitrogens with one attached hydrogen (secondary N) is 1. The topological polar surface area (TPSA) is 101 Å². The van der Waals surface area contributed by atoms with Gasteiger partial charge in [-0.25, -0.2) is 4.79 Å². The van der Waals surface area contributed by atoms with Crippen molar-refractivity contribution in [2.75, 3.05) is 14.1 Å². The van der Waals surface area contributed by atoms with Crippen molar-refractivity contribution in [3.63, 3.8) is 0 Å². The number of urea groups is 1. The van der Waals surface area contributed by atoms with Crippen LogP contribution in [0.25, 0.3) is 0 Å². The summed E-state index contributed by atoms with van der Waals surface area (Å²) in [4.78, 5) is 22.9. The molecule has 0 aliphatic carbocycles. The van der Waals surface area contributed by atoms with Crippen LogP contribution in [0.3, 0.4) is 0 Å².